The molecule has 0 aromatic heterocycles. The first-order valence-electron chi connectivity index (χ1n) is 5.83. The monoisotopic (exact) mass is 257 g/mol. The van der Waals surface area contributed by atoms with E-state index in [4.69, 9.17) is 5.11 Å². The molecule has 0 bridgehead atoms. The van der Waals surface area contributed by atoms with Gasteiger partial charge in [0, 0.05) is 26.6 Å². The van der Waals surface area contributed by atoms with Crippen LogP contribution < -0.4 is 0 Å². The quantitative estimate of drug-likeness (QED) is 0.843. The Bertz CT molecular complexity index is 410. The van der Waals surface area contributed by atoms with Crippen LogP contribution in [0.1, 0.15) is 18.4 Å². The molecule has 1 amide bonds. The molecule has 1 aromatic carbocycles. The summed E-state index contributed by atoms with van der Waals surface area (Å²) in [7, 11) is 1.61. The van der Waals surface area contributed by atoms with Gasteiger partial charge in [-0.15, -0.1) is 0 Å². The van der Waals surface area contributed by atoms with Crippen molar-refractivity contribution in [3.63, 3.8) is 0 Å². The maximum atomic E-state index is 13.3. The molecule has 0 spiro atoms. The zero-order valence-electron chi connectivity index (χ0n) is 10.3. The van der Waals surface area contributed by atoms with E-state index >= 15 is 0 Å². The number of carbonyl (C=O) groups excluding carboxylic acids is 1. The van der Waals surface area contributed by atoms with Crippen LogP contribution in [0.25, 0.3) is 0 Å². The van der Waals surface area contributed by atoms with Crippen LogP contribution in [-0.4, -0.2) is 36.1 Å². The van der Waals surface area contributed by atoms with Crippen molar-refractivity contribution < 1.29 is 18.7 Å². The largest absolute Gasteiger partial charge is 0.396 e. The fraction of sp³-hybridized carbons (Fsp3) is 0.462. The molecule has 0 fully saturated rings. The van der Waals surface area contributed by atoms with Crippen LogP contribution in [0.15, 0.2) is 18.2 Å². The van der Waals surface area contributed by atoms with Gasteiger partial charge < -0.3 is 10.0 Å². The maximum Gasteiger partial charge on any atom is 0.222 e. The Morgan fingerprint density at radius 3 is 2.78 bits per heavy atom. The number of carbonyl (C=O) groups is 1. The highest BCUT2D eigenvalue weighted by Gasteiger charge is 2.10. The zero-order valence-corrected chi connectivity index (χ0v) is 10.3. The fourth-order valence-corrected chi connectivity index (χ4v) is 1.57. The molecule has 1 rings (SSSR count). The van der Waals surface area contributed by atoms with Gasteiger partial charge in [0.1, 0.15) is 11.6 Å². The molecule has 1 aromatic rings. The number of aliphatic hydroxyl groups excluding tert-OH is 1. The minimum atomic E-state index is -0.485. The van der Waals surface area contributed by atoms with Crippen LogP contribution in [0.4, 0.5) is 8.78 Å². The summed E-state index contributed by atoms with van der Waals surface area (Å²) >= 11 is 0. The Kier molecular flexibility index (Phi) is 5.71. The van der Waals surface area contributed by atoms with Gasteiger partial charge in [-0.1, -0.05) is 0 Å². The van der Waals surface area contributed by atoms with Gasteiger partial charge >= 0.3 is 0 Å². The molecule has 0 radical (unpaired) electrons. The predicted octanol–water partition coefficient (Wildman–Crippen LogP) is 1.74. The van der Waals surface area contributed by atoms with E-state index in [0.29, 0.717) is 13.0 Å². The van der Waals surface area contributed by atoms with Crippen molar-refractivity contribution in [1.29, 1.82) is 0 Å². The molecule has 100 valence electrons. The van der Waals surface area contributed by atoms with Crippen molar-refractivity contribution in [2.24, 2.45) is 0 Å². The van der Waals surface area contributed by atoms with Gasteiger partial charge in [0.05, 0.1) is 0 Å². The van der Waals surface area contributed by atoms with E-state index in [1.54, 1.807) is 7.05 Å². The third-order valence-corrected chi connectivity index (χ3v) is 2.70. The van der Waals surface area contributed by atoms with Crippen molar-refractivity contribution >= 4 is 5.91 Å². The van der Waals surface area contributed by atoms with E-state index in [2.05, 4.69) is 0 Å². The van der Waals surface area contributed by atoms with Crippen LogP contribution in [-0.2, 0) is 11.2 Å². The Morgan fingerprint density at radius 1 is 1.39 bits per heavy atom. The highest BCUT2D eigenvalue weighted by Crippen LogP contribution is 2.11. The highest BCUT2D eigenvalue weighted by molar-refractivity contribution is 5.75. The molecule has 0 heterocycles. The SMILES string of the molecule is CN(CCc1cc(F)ccc1F)C(=O)CCCO. The summed E-state index contributed by atoms with van der Waals surface area (Å²) in [6, 6.07) is 3.29. The summed E-state index contributed by atoms with van der Waals surface area (Å²) in [6.07, 6.45) is 0.946. The second-order valence-electron chi connectivity index (χ2n) is 4.13. The lowest BCUT2D eigenvalue weighted by Crippen LogP contribution is -2.28. The number of likely N-dealkylation sites (N-methyl/N-ethyl adjacent to an activating group) is 1. The molecule has 5 heteroatoms. The second kappa shape index (κ2) is 7.06. The zero-order chi connectivity index (χ0) is 13.5. The van der Waals surface area contributed by atoms with Crippen LogP contribution in [0.3, 0.4) is 0 Å². The normalized spacial score (nSPS) is 10.4. The fourth-order valence-electron chi connectivity index (χ4n) is 1.57. The van der Waals surface area contributed by atoms with Crippen molar-refractivity contribution in [1.82, 2.24) is 4.90 Å². The molecule has 0 aliphatic carbocycles. The lowest BCUT2D eigenvalue weighted by Gasteiger charge is -2.17. The molecule has 0 unspecified atom stereocenters. The van der Waals surface area contributed by atoms with Gasteiger partial charge in [-0.2, -0.15) is 0 Å². The van der Waals surface area contributed by atoms with E-state index in [1.165, 1.54) is 4.90 Å². The second-order valence-corrected chi connectivity index (χ2v) is 4.13. The Labute approximate surface area is 105 Å². The summed E-state index contributed by atoms with van der Waals surface area (Å²) in [4.78, 5) is 13.0. The van der Waals surface area contributed by atoms with E-state index in [1.807, 2.05) is 0 Å². The molecule has 0 saturated heterocycles. The average Bonchev–Trinajstić information content (AvgIpc) is 2.36. The lowest BCUT2D eigenvalue weighted by atomic mass is 10.1. The first-order valence-corrected chi connectivity index (χ1v) is 5.83. The minimum Gasteiger partial charge on any atom is -0.396 e. The first-order chi connectivity index (χ1) is 8.54. The van der Waals surface area contributed by atoms with E-state index in [-0.39, 0.29) is 30.9 Å². The van der Waals surface area contributed by atoms with Gasteiger partial charge in [0.15, 0.2) is 0 Å². The lowest BCUT2D eigenvalue weighted by molar-refractivity contribution is -0.130. The number of hydrogen-bond donors (Lipinski definition) is 1. The van der Waals surface area contributed by atoms with Crippen LogP contribution >= 0.6 is 0 Å². The van der Waals surface area contributed by atoms with Crippen molar-refractivity contribution in [3.8, 4) is 0 Å². The average molecular weight is 257 g/mol. The van der Waals surface area contributed by atoms with E-state index in [0.717, 1.165) is 18.2 Å². The molecular weight excluding hydrogens is 240 g/mol. The topological polar surface area (TPSA) is 40.5 Å². The van der Waals surface area contributed by atoms with Crippen LogP contribution in [0, 0.1) is 11.6 Å². The molecule has 3 nitrogen and oxygen atoms in total. The summed E-state index contributed by atoms with van der Waals surface area (Å²) in [6.45, 7) is 0.294. The van der Waals surface area contributed by atoms with Gasteiger partial charge in [-0.05, 0) is 36.6 Å². The third kappa shape index (κ3) is 4.41. The smallest absolute Gasteiger partial charge is 0.222 e. The highest BCUT2D eigenvalue weighted by atomic mass is 19.1. The molecular formula is C13H17F2NO2. The van der Waals surface area contributed by atoms with Gasteiger partial charge in [0.2, 0.25) is 5.91 Å². The maximum absolute atomic E-state index is 13.3. The van der Waals surface area contributed by atoms with Crippen molar-refractivity contribution in [3.05, 3.63) is 35.4 Å². The standard InChI is InChI=1S/C13H17F2NO2/c1-16(13(18)3-2-8-17)7-6-10-9-11(14)4-5-12(10)15/h4-5,9,17H,2-3,6-8H2,1H3. The van der Waals surface area contributed by atoms with Crippen molar-refractivity contribution in [2.75, 3.05) is 20.2 Å². The minimum absolute atomic E-state index is 0.0297. The third-order valence-electron chi connectivity index (χ3n) is 2.70. The number of rotatable bonds is 6. The summed E-state index contributed by atoms with van der Waals surface area (Å²) < 4.78 is 26.2. The summed E-state index contributed by atoms with van der Waals surface area (Å²) in [5.41, 5.74) is 0.261. The molecule has 0 aliphatic heterocycles. The number of benzene rings is 1. The first kappa shape index (κ1) is 14.6. The number of halogens is 2. The molecule has 0 saturated carbocycles. The Morgan fingerprint density at radius 2 is 2.11 bits per heavy atom. The summed E-state index contributed by atoms with van der Waals surface area (Å²) in [5.74, 6) is -1.06. The number of nitrogens with zero attached hydrogens (tertiary/aromatic N) is 1. The van der Waals surface area contributed by atoms with Crippen LogP contribution in [0.5, 0.6) is 0 Å². The van der Waals surface area contributed by atoms with Gasteiger partial charge in [0.25, 0.3) is 0 Å². The van der Waals surface area contributed by atoms with Gasteiger partial charge in [-0.25, -0.2) is 8.78 Å². The Hall–Kier alpha value is -1.49. The Balaban J connectivity index is 2.49. The molecule has 1 N–H and O–H groups in total. The van der Waals surface area contributed by atoms with Gasteiger partial charge in [-0.3, -0.25) is 4.79 Å². The number of hydrogen-bond acceptors (Lipinski definition) is 2. The van der Waals surface area contributed by atoms with E-state index in [9.17, 15) is 13.6 Å². The van der Waals surface area contributed by atoms with Crippen LogP contribution in [0.2, 0.25) is 0 Å². The summed E-state index contributed by atoms with van der Waals surface area (Å²) in [5, 5.41) is 8.61. The molecule has 18 heavy (non-hydrogen) atoms. The number of aliphatic hydroxyl groups is 1. The predicted molar refractivity (Wildman–Crippen MR) is 64.0 cm³/mol. The van der Waals surface area contributed by atoms with E-state index < -0.39 is 11.6 Å². The van der Waals surface area contributed by atoms with Crippen molar-refractivity contribution in [2.45, 2.75) is 19.3 Å². The molecule has 0 aliphatic rings. The number of amides is 1. The molecule has 0 atom stereocenters.